The Hall–Kier alpha value is -3.98. The summed E-state index contributed by atoms with van der Waals surface area (Å²) in [5.74, 6) is -0.957. The second kappa shape index (κ2) is 8.41. The van der Waals surface area contributed by atoms with E-state index in [2.05, 4.69) is 10.1 Å². The van der Waals surface area contributed by atoms with E-state index in [1.54, 1.807) is 0 Å². The maximum Gasteiger partial charge on any atom is 0.281 e. The molecule has 0 saturated carbocycles. The van der Waals surface area contributed by atoms with E-state index in [0.717, 1.165) is 15.3 Å². The first-order chi connectivity index (χ1) is 14.9. The number of aromatic nitrogens is 1. The number of nitrogens with zero attached hydrogens (tertiary/aromatic N) is 4. The molecule has 0 radical (unpaired) electrons. The Kier molecular flexibility index (Phi) is 5.50. The average Bonchev–Trinajstić information content (AvgIpc) is 3.18. The molecule has 3 aromatic carbocycles. The summed E-state index contributed by atoms with van der Waals surface area (Å²) < 4.78 is 14.1. The monoisotopic (exact) mass is 434 g/mol. The number of hydrogen-bond acceptors (Lipinski definition) is 6. The van der Waals surface area contributed by atoms with Crippen LogP contribution >= 0.6 is 11.3 Å². The Morgan fingerprint density at radius 2 is 1.94 bits per heavy atom. The molecule has 1 amide bonds. The van der Waals surface area contributed by atoms with E-state index in [0.29, 0.717) is 16.2 Å². The number of non-ortho nitro benzene ring substituents is 1. The number of carbonyl (C=O) groups excluding carboxylic acids is 1. The lowest BCUT2D eigenvalue weighted by Crippen LogP contribution is -2.25. The minimum absolute atomic E-state index is 0.0980. The van der Waals surface area contributed by atoms with Gasteiger partial charge in [-0.15, -0.1) is 0 Å². The first kappa shape index (κ1) is 20.3. The van der Waals surface area contributed by atoms with Crippen LogP contribution in [0.4, 0.5) is 15.2 Å². The number of hydrazone groups is 1. The fraction of sp³-hybridized carbons (Fsp3) is 0.0455. The van der Waals surface area contributed by atoms with Gasteiger partial charge in [-0.05, 0) is 48.4 Å². The number of benzene rings is 3. The van der Waals surface area contributed by atoms with Crippen LogP contribution in [-0.4, -0.2) is 22.0 Å². The summed E-state index contributed by atoms with van der Waals surface area (Å²) in [5, 5.41) is 16.8. The Balaban J connectivity index is 1.77. The molecule has 0 saturated heterocycles. The van der Waals surface area contributed by atoms with Crippen molar-refractivity contribution in [2.75, 3.05) is 5.01 Å². The lowest BCUT2D eigenvalue weighted by atomic mass is 10.2. The molecule has 0 spiro atoms. The number of nitro benzene ring substituents is 1. The van der Waals surface area contributed by atoms with Gasteiger partial charge >= 0.3 is 0 Å². The van der Waals surface area contributed by atoms with E-state index in [-0.39, 0.29) is 17.1 Å². The van der Waals surface area contributed by atoms with E-state index < -0.39 is 10.8 Å². The van der Waals surface area contributed by atoms with Gasteiger partial charge in [-0.3, -0.25) is 14.9 Å². The molecule has 1 aromatic heterocycles. The summed E-state index contributed by atoms with van der Waals surface area (Å²) in [5.41, 5.74) is 2.23. The maximum atomic E-state index is 13.2. The number of rotatable bonds is 5. The van der Waals surface area contributed by atoms with Gasteiger partial charge < -0.3 is 0 Å². The number of hydrogen-bond donors (Lipinski definition) is 0. The van der Waals surface area contributed by atoms with Crippen molar-refractivity contribution in [2.24, 2.45) is 5.10 Å². The van der Waals surface area contributed by atoms with E-state index in [1.165, 1.54) is 66.1 Å². The molecule has 0 unspecified atom stereocenters. The first-order valence-electron chi connectivity index (χ1n) is 9.16. The highest BCUT2D eigenvalue weighted by molar-refractivity contribution is 7.22. The third-order valence-corrected chi connectivity index (χ3v) is 5.40. The second-order valence-corrected chi connectivity index (χ2v) is 7.70. The molecule has 0 bridgehead atoms. The third kappa shape index (κ3) is 4.46. The summed E-state index contributed by atoms with van der Waals surface area (Å²) in [7, 11) is 0. The fourth-order valence-corrected chi connectivity index (χ4v) is 3.87. The summed E-state index contributed by atoms with van der Waals surface area (Å²) in [6, 6.07) is 16.8. The third-order valence-electron chi connectivity index (χ3n) is 4.40. The highest BCUT2D eigenvalue weighted by atomic mass is 32.1. The molecule has 154 valence electrons. The van der Waals surface area contributed by atoms with Crippen molar-refractivity contribution >= 4 is 44.5 Å². The van der Waals surface area contributed by atoms with Gasteiger partial charge in [-0.25, -0.2) is 9.37 Å². The Labute approximate surface area is 180 Å². The standard InChI is InChI=1S/C22H15FN4O3S/c1-14-5-10-19-20(11-14)31-22(25-19)26(24-13-15-6-8-17(23)9-7-15)21(28)16-3-2-4-18(12-16)27(29)30/h2-13H,1H3/b24-13+. The van der Waals surface area contributed by atoms with Crippen molar-refractivity contribution in [2.45, 2.75) is 6.92 Å². The summed E-state index contributed by atoms with van der Waals surface area (Å²) >= 11 is 1.28. The molecule has 0 aliphatic rings. The topological polar surface area (TPSA) is 88.7 Å². The first-order valence-corrected chi connectivity index (χ1v) is 9.98. The zero-order valence-electron chi connectivity index (χ0n) is 16.2. The van der Waals surface area contributed by atoms with Gasteiger partial charge in [0.2, 0.25) is 5.13 Å². The van der Waals surface area contributed by atoms with E-state index in [1.807, 2.05) is 25.1 Å². The number of carbonyl (C=O) groups is 1. The zero-order valence-corrected chi connectivity index (χ0v) is 17.0. The molecule has 0 atom stereocenters. The number of nitro groups is 1. The van der Waals surface area contributed by atoms with Crippen LogP contribution in [0.25, 0.3) is 10.2 Å². The lowest BCUT2D eigenvalue weighted by molar-refractivity contribution is -0.384. The average molecular weight is 434 g/mol. The summed E-state index contributed by atoms with van der Waals surface area (Å²) in [4.78, 5) is 28.3. The van der Waals surface area contributed by atoms with Gasteiger partial charge in [0.25, 0.3) is 11.6 Å². The predicted octanol–water partition coefficient (Wildman–Crippen LogP) is 5.33. The van der Waals surface area contributed by atoms with Crippen molar-refractivity contribution in [1.82, 2.24) is 4.98 Å². The van der Waals surface area contributed by atoms with Crippen molar-refractivity contribution in [1.29, 1.82) is 0 Å². The van der Waals surface area contributed by atoms with Crippen LogP contribution in [0.5, 0.6) is 0 Å². The van der Waals surface area contributed by atoms with Gasteiger partial charge in [0.1, 0.15) is 5.82 Å². The fourth-order valence-electron chi connectivity index (χ4n) is 2.85. The highest BCUT2D eigenvalue weighted by Gasteiger charge is 2.22. The Morgan fingerprint density at radius 1 is 1.16 bits per heavy atom. The van der Waals surface area contributed by atoms with Crippen LogP contribution in [0.2, 0.25) is 0 Å². The van der Waals surface area contributed by atoms with E-state index in [9.17, 15) is 19.3 Å². The van der Waals surface area contributed by atoms with E-state index in [4.69, 9.17) is 0 Å². The van der Waals surface area contributed by atoms with Crippen LogP contribution in [0.1, 0.15) is 21.5 Å². The molecule has 0 aliphatic heterocycles. The molecule has 0 fully saturated rings. The summed E-state index contributed by atoms with van der Waals surface area (Å²) in [6.07, 6.45) is 1.41. The molecular weight excluding hydrogens is 419 g/mol. The minimum atomic E-state index is -0.571. The van der Waals surface area contributed by atoms with Crippen molar-refractivity contribution in [3.63, 3.8) is 0 Å². The molecule has 7 nitrogen and oxygen atoms in total. The smallest absolute Gasteiger partial charge is 0.267 e. The number of anilines is 1. The van der Waals surface area contributed by atoms with Gasteiger partial charge in [0.15, 0.2) is 0 Å². The Morgan fingerprint density at radius 3 is 2.68 bits per heavy atom. The van der Waals surface area contributed by atoms with Crippen LogP contribution in [-0.2, 0) is 0 Å². The van der Waals surface area contributed by atoms with E-state index >= 15 is 0 Å². The van der Waals surface area contributed by atoms with Gasteiger partial charge in [-0.1, -0.05) is 35.6 Å². The number of fused-ring (bicyclic) bond motifs is 1. The number of thiazole rings is 1. The molecule has 31 heavy (non-hydrogen) atoms. The normalized spacial score (nSPS) is 11.2. The Bertz CT molecular complexity index is 1320. The predicted molar refractivity (Wildman–Crippen MR) is 118 cm³/mol. The number of aryl methyl sites for hydroxylation is 1. The highest BCUT2D eigenvalue weighted by Crippen LogP contribution is 2.31. The molecule has 0 aliphatic carbocycles. The minimum Gasteiger partial charge on any atom is -0.267 e. The number of halogens is 1. The lowest BCUT2D eigenvalue weighted by Gasteiger charge is -2.13. The van der Waals surface area contributed by atoms with Crippen LogP contribution in [0, 0.1) is 22.9 Å². The van der Waals surface area contributed by atoms with Crippen LogP contribution in [0.3, 0.4) is 0 Å². The zero-order chi connectivity index (χ0) is 22.0. The van der Waals surface area contributed by atoms with Crippen molar-refractivity contribution < 1.29 is 14.1 Å². The maximum absolute atomic E-state index is 13.2. The van der Waals surface area contributed by atoms with Gasteiger partial charge in [0.05, 0.1) is 21.4 Å². The quantitative estimate of drug-likeness (QED) is 0.241. The van der Waals surface area contributed by atoms with Gasteiger partial charge in [0, 0.05) is 17.7 Å². The second-order valence-electron chi connectivity index (χ2n) is 6.69. The largest absolute Gasteiger partial charge is 0.281 e. The molecular formula is C22H15FN4O3S. The summed E-state index contributed by atoms with van der Waals surface area (Å²) in [6.45, 7) is 1.96. The molecule has 9 heteroatoms. The SMILES string of the molecule is Cc1ccc2nc(N(/N=C/c3ccc(F)cc3)C(=O)c3cccc([N+](=O)[O-])c3)sc2c1. The van der Waals surface area contributed by atoms with Gasteiger partial charge in [-0.2, -0.15) is 10.1 Å². The molecule has 0 N–H and O–H groups in total. The molecule has 1 heterocycles. The molecule has 4 rings (SSSR count). The molecule has 4 aromatic rings. The van der Waals surface area contributed by atoms with Crippen LogP contribution in [0.15, 0.2) is 71.8 Å². The van der Waals surface area contributed by atoms with Crippen LogP contribution < -0.4 is 5.01 Å². The van der Waals surface area contributed by atoms with Crippen molar-refractivity contribution in [3.8, 4) is 0 Å². The van der Waals surface area contributed by atoms with Crippen molar-refractivity contribution in [3.05, 3.63) is 99.4 Å². The number of amides is 1.